The lowest BCUT2D eigenvalue weighted by Gasteiger charge is -2.38. The molecule has 0 radical (unpaired) electrons. The Bertz CT molecular complexity index is 913. The molecule has 2 aromatic rings. The number of rotatable bonds is 6. The van der Waals surface area contributed by atoms with Gasteiger partial charge in [-0.1, -0.05) is 74.3 Å². The predicted octanol–water partition coefficient (Wildman–Crippen LogP) is 5.14. The Kier molecular flexibility index (Phi) is 6.04. The number of esters is 1. The number of ether oxygens (including phenoxy) is 1. The lowest BCUT2D eigenvalue weighted by molar-refractivity contribution is -0.140. The van der Waals surface area contributed by atoms with Gasteiger partial charge in [0, 0.05) is 36.1 Å². The lowest BCUT2D eigenvalue weighted by Crippen LogP contribution is -2.42. The molecule has 1 spiro atoms. The van der Waals surface area contributed by atoms with Gasteiger partial charge in [0.2, 0.25) is 0 Å². The number of hydrogen-bond acceptors (Lipinski definition) is 6. The number of methoxy groups -OCH3 is 1. The van der Waals surface area contributed by atoms with Crippen LogP contribution >= 0.6 is 11.8 Å². The van der Waals surface area contributed by atoms with Crippen LogP contribution in [-0.2, 0) is 15.1 Å². The Morgan fingerprint density at radius 2 is 1.73 bits per heavy atom. The Balaban J connectivity index is 1.81. The molecule has 0 saturated heterocycles. The molecule has 2 aliphatic rings. The monoisotopic (exact) mass is 423 g/mol. The second-order valence-corrected chi connectivity index (χ2v) is 8.95. The summed E-state index contributed by atoms with van der Waals surface area (Å²) >= 11 is 1.52. The van der Waals surface area contributed by atoms with Crippen molar-refractivity contribution < 1.29 is 9.53 Å². The summed E-state index contributed by atoms with van der Waals surface area (Å²) in [6, 6.07) is 16.3. The molecule has 2 aromatic carbocycles. The van der Waals surface area contributed by atoms with Crippen LogP contribution in [0.1, 0.15) is 43.7 Å². The molecular formula is C24H29N3O2S. The molecule has 2 heterocycles. The molecule has 0 aliphatic carbocycles. The molecule has 0 aromatic heterocycles. The number of aliphatic imine (C=N–C) groups is 1. The Hall–Kier alpha value is -2.47. The number of anilines is 2. The van der Waals surface area contributed by atoms with Gasteiger partial charge in [0.1, 0.15) is 10.8 Å². The van der Waals surface area contributed by atoms with Crippen molar-refractivity contribution in [2.24, 2.45) is 4.99 Å². The molecule has 0 amide bonds. The standard InChI is InChI=1S/C24H29N3O2S/c1-4-5-6-11-16-27(2)23-26-24(21(30-23)22(28)29-3)17-12-7-9-14-19(17)25-20-15-10-8-13-18(20)24/h7-10,12-15,21,25H,4-6,11,16H2,1-3H3. The highest BCUT2D eigenvalue weighted by atomic mass is 32.2. The van der Waals surface area contributed by atoms with Crippen molar-refractivity contribution in [3.63, 3.8) is 0 Å². The number of para-hydroxylation sites is 2. The van der Waals surface area contributed by atoms with Gasteiger partial charge in [-0.05, 0) is 18.6 Å². The van der Waals surface area contributed by atoms with Crippen LogP contribution in [0.25, 0.3) is 0 Å². The van der Waals surface area contributed by atoms with Crippen LogP contribution in [-0.4, -0.2) is 42.0 Å². The van der Waals surface area contributed by atoms with E-state index in [1.54, 1.807) is 0 Å². The van der Waals surface area contributed by atoms with Gasteiger partial charge in [0.05, 0.1) is 7.11 Å². The summed E-state index contributed by atoms with van der Waals surface area (Å²) in [6.07, 6.45) is 4.79. The van der Waals surface area contributed by atoms with E-state index in [2.05, 4.69) is 36.3 Å². The summed E-state index contributed by atoms with van der Waals surface area (Å²) in [4.78, 5) is 20.5. The molecule has 1 atom stereocenters. The number of nitrogens with zero attached hydrogens (tertiary/aromatic N) is 2. The molecule has 1 N–H and O–H groups in total. The summed E-state index contributed by atoms with van der Waals surface area (Å²) in [7, 11) is 3.53. The van der Waals surface area contributed by atoms with Crippen molar-refractivity contribution in [1.29, 1.82) is 0 Å². The summed E-state index contributed by atoms with van der Waals surface area (Å²) in [5.41, 5.74) is 3.20. The van der Waals surface area contributed by atoms with Crippen LogP contribution in [0.5, 0.6) is 0 Å². The van der Waals surface area contributed by atoms with E-state index in [0.717, 1.165) is 40.6 Å². The first-order chi connectivity index (χ1) is 14.6. The van der Waals surface area contributed by atoms with Crippen molar-refractivity contribution in [3.05, 3.63) is 59.7 Å². The van der Waals surface area contributed by atoms with Gasteiger partial charge >= 0.3 is 5.97 Å². The molecular weight excluding hydrogens is 394 g/mol. The minimum absolute atomic E-state index is 0.246. The van der Waals surface area contributed by atoms with E-state index in [-0.39, 0.29) is 5.97 Å². The molecule has 0 saturated carbocycles. The van der Waals surface area contributed by atoms with Crippen LogP contribution < -0.4 is 5.32 Å². The van der Waals surface area contributed by atoms with Crippen LogP contribution in [0.4, 0.5) is 11.4 Å². The Labute approximate surface area is 182 Å². The smallest absolute Gasteiger partial charge is 0.322 e. The molecule has 6 heteroatoms. The first kappa shape index (κ1) is 20.8. The predicted molar refractivity (Wildman–Crippen MR) is 125 cm³/mol. The fourth-order valence-electron chi connectivity index (χ4n) is 4.34. The minimum atomic E-state index is -0.802. The van der Waals surface area contributed by atoms with Crippen molar-refractivity contribution in [1.82, 2.24) is 4.90 Å². The number of hydrogen-bond donors (Lipinski definition) is 1. The van der Waals surface area contributed by atoms with Gasteiger partial charge in [-0.25, -0.2) is 4.99 Å². The maximum Gasteiger partial charge on any atom is 0.322 e. The van der Waals surface area contributed by atoms with E-state index in [1.807, 2.05) is 36.4 Å². The first-order valence-corrected chi connectivity index (χ1v) is 11.5. The van der Waals surface area contributed by atoms with E-state index in [9.17, 15) is 4.79 Å². The van der Waals surface area contributed by atoms with Crippen LogP contribution in [0.15, 0.2) is 53.5 Å². The van der Waals surface area contributed by atoms with Gasteiger partial charge in [-0.2, -0.15) is 0 Å². The number of carbonyl (C=O) groups excluding carboxylic acids is 1. The SMILES string of the molecule is CCCCCCN(C)C1=NC2(c3ccccc3Nc3ccccc32)C(C(=O)OC)S1. The zero-order valence-electron chi connectivity index (χ0n) is 17.9. The number of thioether (sulfide) groups is 1. The van der Waals surface area contributed by atoms with Gasteiger partial charge in [-0.3, -0.25) is 4.79 Å². The van der Waals surface area contributed by atoms with Crippen molar-refractivity contribution in [3.8, 4) is 0 Å². The maximum absolute atomic E-state index is 13.0. The number of nitrogens with one attached hydrogen (secondary N) is 1. The second-order valence-electron chi connectivity index (χ2n) is 7.88. The fourth-order valence-corrected chi connectivity index (χ4v) is 5.69. The summed E-state index contributed by atoms with van der Waals surface area (Å²) in [5.74, 6) is -0.246. The maximum atomic E-state index is 13.0. The van der Waals surface area contributed by atoms with Gasteiger partial charge in [0.25, 0.3) is 0 Å². The quantitative estimate of drug-likeness (QED) is 0.515. The lowest BCUT2D eigenvalue weighted by atomic mass is 9.76. The molecule has 5 nitrogen and oxygen atoms in total. The zero-order valence-corrected chi connectivity index (χ0v) is 18.7. The topological polar surface area (TPSA) is 53.9 Å². The highest BCUT2D eigenvalue weighted by Gasteiger charge is 2.56. The molecule has 0 bridgehead atoms. The molecule has 158 valence electrons. The molecule has 4 rings (SSSR count). The second kappa shape index (κ2) is 8.72. The third-order valence-electron chi connectivity index (χ3n) is 5.91. The van der Waals surface area contributed by atoms with Crippen molar-refractivity contribution >= 4 is 34.3 Å². The number of benzene rings is 2. The summed E-state index contributed by atoms with van der Waals surface area (Å²) in [6.45, 7) is 3.15. The highest BCUT2D eigenvalue weighted by molar-refractivity contribution is 8.15. The third kappa shape index (κ3) is 3.47. The fraction of sp³-hybridized carbons (Fsp3) is 0.417. The van der Waals surface area contributed by atoms with Crippen molar-refractivity contribution in [2.45, 2.75) is 43.4 Å². The van der Waals surface area contributed by atoms with E-state index in [1.165, 1.54) is 38.1 Å². The van der Waals surface area contributed by atoms with E-state index in [4.69, 9.17) is 9.73 Å². The van der Waals surface area contributed by atoms with Crippen molar-refractivity contribution in [2.75, 3.05) is 26.0 Å². The summed E-state index contributed by atoms with van der Waals surface area (Å²) < 4.78 is 5.26. The highest BCUT2D eigenvalue weighted by Crippen LogP contribution is 2.55. The Morgan fingerprint density at radius 1 is 1.10 bits per heavy atom. The molecule has 1 unspecified atom stereocenters. The number of amidine groups is 1. The number of unbranched alkanes of at least 4 members (excludes halogenated alkanes) is 3. The molecule has 0 fully saturated rings. The molecule has 30 heavy (non-hydrogen) atoms. The van der Waals surface area contributed by atoms with Crippen LogP contribution in [0, 0.1) is 0 Å². The van der Waals surface area contributed by atoms with Gasteiger partial charge < -0.3 is 15.0 Å². The average molecular weight is 424 g/mol. The molecule has 2 aliphatic heterocycles. The number of fused-ring (bicyclic) bond motifs is 4. The van der Waals surface area contributed by atoms with Crippen LogP contribution in [0.2, 0.25) is 0 Å². The van der Waals surface area contributed by atoms with E-state index in [0.29, 0.717) is 0 Å². The largest absolute Gasteiger partial charge is 0.468 e. The third-order valence-corrected chi connectivity index (χ3v) is 7.29. The van der Waals surface area contributed by atoms with E-state index >= 15 is 0 Å². The zero-order chi connectivity index (χ0) is 21.1. The van der Waals surface area contributed by atoms with E-state index < -0.39 is 10.8 Å². The number of carbonyl (C=O) groups is 1. The Morgan fingerprint density at radius 3 is 2.33 bits per heavy atom. The average Bonchev–Trinajstić information content (AvgIpc) is 3.17. The van der Waals surface area contributed by atoms with Gasteiger partial charge in [0.15, 0.2) is 5.17 Å². The van der Waals surface area contributed by atoms with Crippen LogP contribution in [0.3, 0.4) is 0 Å². The minimum Gasteiger partial charge on any atom is -0.468 e. The first-order valence-electron chi connectivity index (χ1n) is 10.6. The normalized spacial score (nSPS) is 18.2. The summed E-state index contributed by atoms with van der Waals surface area (Å²) in [5, 5.41) is 3.94. The van der Waals surface area contributed by atoms with Gasteiger partial charge in [-0.15, -0.1) is 0 Å².